The predicted octanol–water partition coefficient (Wildman–Crippen LogP) is -0.208. The smallest absolute Gasteiger partial charge is 0.333 e. The zero-order valence-corrected chi connectivity index (χ0v) is 9.54. The van der Waals surface area contributed by atoms with Crippen molar-refractivity contribution in [3.63, 3.8) is 0 Å². The Morgan fingerprint density at radius 2 is 1.05 bits per heavy atom. The Kier molecular flexibility index (Phi) is 2.45. The normalized spacial score (nSPS) is 32.4. The van der Waals surface area contributed by atoms with Gasteiger partial charge in [-0.15, -0.1) is 0 Å². The Hall–Kier alpha value is -2.38. The summed E-state index contributed by atoms with van der Waals surface area (Å²) in [5.74, 6) is -6.38. The molecule has 0 aromatic rings. The molecule has 1 saturated carbocycles. The summed E-state index contributed by atoms with van der Waals surface area (Å²) in [4.78, 5) is 45.1. The second kappa shape index (κ2) is 3.56. The molecule has 8 heteroatoms. The highest BCUT2D eigenvalue weighted by molar-refractivity contribution is 6.11. The molecule has 19 heavy (non-hydrogen) atoms. The molecule has 0 aromatic heterocycles. The summed E-state index contributed by atoms with van der Waals surface area (Å²) in [6, 6.07) is 0. The lowest BCUT2D eigenvalue weighted by atomic mass is 9.76. The molecule has 0 saturated heterocycles. The van der Waals surface area contributed by atoms with Gasteiger partial charge in [-0.05, 0) is 19.3 Å². The molecule has 0 heterocycles. The summed E-state index contributed by atoms with van der Waals surface area (Å²) >= 11 is 0. The number of aliphatic carboxylic acids is 4. The molecule has 2 atom stereocenters. The van der Waals surface area contributed by atoms with Crippen molar-refractivity contribution >= 4 is 23.9 Å². The fourth-order valence-corrected chi connectivity index (χ4v) is 3.23. The minimum absolute atomic E-state index is 0.187. The first-order valence-electron chi connectivity index (χ1n) is 5.38. The van der Waals surface area contributed by atoms with E-state index < -0.39 is 52.3 Å². The zero-order chi connectivity index (χ0) is 14.6. The maximum absolute atomic E-state index is 11.3. The first kappa shape index (κ1) is 13.1. The lowest BCUT2D eigenvalue weighted by Crippen LogP contribution is -2.35. The first-order valence-corrected chi connectivity index (χ1v) is 5.38. The number of carboxylic acids is 4. The van der Waals surface area contributed by atoms with Gasteiger partial charge in [0, 0.05) is 0 Å². The highest BCUT2D eigenvalue weighted by Crippen LogP contribution is 2.64. The standard InChI is InChI=1S/C11H10O8/c12-6(13)4-5(7(14)15)11(9(18)19)2-1-10(4,3-11)8(16)17/h1-3H2,(H,12,13)(H,14,15)(H,16,17)(H,18,19). The van der Waals surface area contributed by atoms with Gasteiger partial charge in [-0.3, -0.25) is 9.59 Å². The van der Waals surface area contributed by atoms with E-state index in [0.29, 0.717) is 0 Å². The van der Waals surface area contributed by atoms with Crippen LogP contribution in [-0.2, 0) is 19.2 Å². The van der Waals surface area contributed by atoms with E-state index in [-0.39, 0.29) is 12.8 Å². The van der Waals surface area contributed by atoms with Crippen molar-refractivity contribution < 1.29 is 39.6 Å². The number of hydrogen-bond acceptors (Lipinski definition) is 4. The monoisotopic (exact) mass is 270 g/mol. The summed E-state index contributed by atoms with van der Waals surface area (Å²) in [5, 5.41) is 36.6. The molecule has 0 amide bonds. The number of fused-ring (bicyclic) bond motifs is 2. The molecule has 2 aliphatic carbocycles. The van der Waals surface area contributed by atoms with Crippen LogP contribution in [-0.4, -0.2) is 44.3 Å². The molecule has 2 unspecified atom stereocenters. The van der Waals surface area contributed by atoms with Crippen LogP contribution in [0.5, 0.6) is 0 Å². The third-order valence-corrected chi connectivity index (χ3v) is 4.04. The van der Waals surface area contributed by atoms with Gasteiger partial charge in [-0.25, -0.2) is 9.59 Å². The Morgan fingerprint density at radius 1 is 0.737 bits per heavy atom. The molecular formula is C11H10O8. The van der Waals surface area contributed by atoms with E-state index in [9.17, 15) is 29.4 Å². The van der Waals surface area contributed by atoms with Gasteiger partial charge in [0.05, 0.1) is 11.1 Å². The zero-order valence-electron chi connectivity index (χ0n) is 9.54. The molecule has 2 aliphatic rings. The molecule has 0 spiro atoms. The van der Waals surface area contributed by atoms with Gasteiger partial charge < -0.3 is 20.4 Å². The molecule has 4 N–H and O–H groups in total. The molecule has 0 radical (unpaired) electrons. The van der Waals surface area contributed by atoms with Gasteiger partial charge in [0.15, 0.2) is 0 Å². The van der Waals surface area contributed by atoms with E-state index >= 15 is 0 Å². The summed E-state index contributed by atoms with van der Waals surface area (Å²) in [7, 11) is 0. The number of carboxylic acid groups (broad SMARTS) is 4. The van der Waals surface area contributed by atoms with Crippen LogP contribution in [0, 0.1) is 10.8 Å². The largest absolute Gasteiger partial charge is 0.481 e. The van der Waals surface area contributed by atoms with Crippen molar-refractivity contribution in [3.8, 4) is 0 Å². The molecule has 2 rings (SSSR count). The third kappa shape index (κ3) is 1.33. The third-order valence-electron chi connectivity index (χ3n) is 4.04. The summed E-state index contributed by atoms with van der Waals surface area (Å²) in [6.07, 6.45) is -0.895. The van der Waals surface area contributed by atoms with Crippen LogP contribution in [0.1, 0.15) is 19.3 Å². The van der Waals surface area contributed by atoms with Crippen LogP contribution in [0.2, 0.25) is 0 Å². The maximum Gasteiger partial charge on any atom is 0.333 e. The summed E-state index contributed by atoms with van der Waals surface area (Å²) in [6.45, 7) is 0. The van der Waals surface area contributed by atoms with Gasteiger partial charge in [0.2, 0.25) is 0 Å². The fourth-order valence-electron chi connectivity index (χ4n) is 3.23. The van der Waals surface area contributed by atoms with Crippen LogP contribution < -0.4 is 0 Å². The predicted molar refractivity (Wildman–Crippen MR) is 56.3 cm³/mol. The van der Waals surface area contributed by atoms with E-state index in [1.807, 2.05) is 0 Å². The molecule has 1 fully saturated rings. The minimum Gasteiger partial charge on any atom is -0.481 e. The highest BCUT2D eigenvalue weighted by Gasteiger charge is 2.69. The van der Waals surface area contributed by atoms with Crippen molar-refractivity contribution in [1.82, 2.24) is 0 Å². The van der Waals surface area contributed by atoms with Crippen molar-refractivity contribution in [2.45, 2.75) is 19.3 Å². The Morgan fingerprint density at radius 3 is 1.26 bits per heavy atom. The van der Waals surface area contributed by atoms with Crippen LogP contribution in [0.4, 0.5) is 0 Å². The molecule has 2 bridgehead atoms. The Bertz CT molecular complexity index is 511. The molecule has 8 nitrogen and oxygen atoms in total. The lowest BCUT2D eigenvalue weighted by molar-refractivity contribution is -0.150. The van der Waals surface area contributed by atoms with Gasteiger partial charge in [-0.2, -0.15) is 0 Å². The second-order valence-corrected chi connectivity index (χ2v) is 4.81. The van der Waals surface area contributed by atoms with E-state index in [0.717, 1.165) is 0 Å². The average molecular weight is 270 g/mol. The van der Waals surface area contributed by atoms with Crippen molar-refractivity contribution in [2.75, 3.05) is 0 Å². The van der Waals surface area contributed by atoms with Gasteiger partial charge >= 0.3 is 23.9 Å². The minimum atomic E-state index is -1.92. The van der Waals surface area contributed by atoms with Crippen molar-refractivity contribution in [1.29, 1.82) is 0 Å². The fraction of sp³-hybridized carbons (Fsp3) is 0.455. The highest BCUT2D eigenvalue weighted by atomic mass is 16.4. The molecular weight excluding hydrogens is 260 g/mol. The van der Waals surface area contributed by atoms with Crippen molar-refractivity contribution in [3.05, 3.63) is 11.1 Å². The first-order chi connectivity index (χ1) is 8.69. The summed E-state index contributed by atoms with van der Waals surface area (Å²) in [5.41, 5.74) is -5.45. The quantitative estimate of drug-likeness (QED) is 0.548. The Balaban J connectivity index is 2.81. The van der Waals surface area contributed by atoms with Gasteiger partial charge in [0.25, 0.3) is 0 Å². The SMILES string of the molecule is O=C(O)C1=C(C(=O)O)C2(C(=O)O)CCC1(C(=O)O)C2. The lowest BCUT2D eigenvalue weighted by Gasteiger charge is -2.25. The van der Waals surface area contributed by atoms with E-state index in [2.05, 4.69) is 0 Å². The van der Waals surface area contributed by atoms with Crippen LogP contribution in [0.3, 0.4) is 0 Å². The molecule has 0 aliphatic heterocycles. The van der Waals surface area contributed by atoms with E-state index in [1.165, 1.54) is 0 Å². The average Bonchev–Trinajstić information content (AvgIpc) is 2.81. The van der Waals surface area contributed by atoms with Crippen molar-refractivity contribution in [2.24, 2.45) is 10.8 Å². The van der Waals surface area contributed by atoms with Crippen LogP contribution >= 0.6 is 0 Å². The number of rotatable bonds is 4. The van der Waals surface area contributed by atoms with E-state index in [1.54, 1.807) is 0 Å². The second-order valence-electron chi connectivity index (χ2n) is 4.81. The van der Waals surface area contributed by atoms with Crippen LogP contribution in [0.15, 0.2) is 11.1 Å². The van der Waals surface area contributed by atoms with E-state index in [4.69, 9.17) is 10.2 Å². The topological polar surface area (TPSA) is 149 Å². The van der Waals surface area contributed by atoms with Gasteiger partial charge in [-0.1, -0.05) is 0 Å². The summed E-state index contributed by atoms with van der Waals surface area (Å²) < 4.78 is 0. The Labute approximate surface area is 106 Å². The van der Waals surface area contributed by atoms with Gasteiger partial charge in [0.1, 0.15) is 10.8 Å². The number of carbonyl (C=O) groups is 4. The maximum atomic E-state index is 11.3. The molecule has 0 aromatic carbocycles. The number of hydrogen-bond donors (Lipinski definition) is 4. The van der Waals surface area contributed by atoms with Crippen LogP contribution in [0.25, 0.3) is 0 Å². The molecule has 102 valence electrons.